The Labute approximate surface area is 123 Å². The van der Waals surface area contributed by atoms with Crippen LogP contribution in [0, 0.1) is 11.6 Å². The molecule has 0 aliphatic heterocycles. The Morgan fingerprint density at radius 2 is 1.90 bits per heavy atom. The van der Waals surface area contributed by atoms with Crippen LogP contribution in [0.25, 0.3) is 0 Å². The summed E-state index contributed by atoms with van der Waals surface area (Å²) in [4.78, 5) is 15.9. The van der Waals surface area contributed by atoms with Gasteiger partial charge in [-0.15, -0.1) is 0 Å². The minimum Gasteiger partial charge on any atom is -0.344 e. The van der Waals surface area contributed by atoms with Crippen LogP contribution < -0.4 is 5.32 Å². The smallest absolute Gasteiger partial charge is 0.270 e. The number of aromatic nitrogens is 1. The van der Waals surface area contributed by atoms with E-state index >= 15 is 0 Å². The molecule has 1 N–H and O–H groups in total. The highest BCUT2D eigenvalue weighted by Gasteiger charge is 2.18. The molecule has 6 heteroatoms. The average Bonchev–Trinajstić information content (AvgIpc) is 2.39. The first-order valence-corrected chi connectivity index (χ1v) is 6.64. The highest BCUT2D eigenvalue weighted by Crippen LogP contribution is 2.20. The molecule has 0 saturated heterocycles. The SMILES string of the molecule is CC(NC(=O)c1ccc(Br)cn1)c1c(F)cccc1F. The van der Waals surface area contributed by atoms with Crippen LogP contribution in [0.1, 0.15) is 29.0 Å². The predicted octanol–water partition coefficient (Wildman–Crippen LogP) is 3.61. The number of hydrogen-bond donors (Lipinski definition) is 1. The molecular weight excluding hydrogens is 330 g/mol. The summed E-state index contributed by atoms with van der Waals surface area (Å²) in [7, 11) is 0. The number of amides is 1. The van der Waals surface area contributed by atoms with Gasteiger partial charge in [0, 0.05) is 16.2 Å². The van der Waals surface area contributed by atoms with Gasteiger partial charge in [-0.25, -0.2) is 13.8 Å². The maximum atomic E-state index is 13.6. The second-order valence-corrected chi connectivity index (χ2v) is 5.11. The Balaban J connectivity index is 2.17. The first-order valence-electron chi connectivity index (χ1n) is 5.85. The van der Waals surface area contributed by atoms with E-state index in [1.54, 1.807) is 6.07 Å². The molecule has 2 rings (SSSR count). The van der Waals surface area contributed by atoms with Crippen LogP contribution in [0.4, 0.5) is 8.78 Å². The lowest BCUT2D eigenvalue weighted by molar-refractivity contribution is 0.0933. The zero-order valence-corrected chi connectivity index (χ0v) is 12.1. The number of pyridine rings is 1. The van der Waals surface area contributed by atoms with Crippen LogP contribution in [0.2, 0.25) is 0 Å². The summed E-state index contributed by atoms with van der Waals surface area (Å²) in [6, 6.07) is 5.96. The van der Waals surface area contributed by atoms with Crippen molar-refractivity contribution in [2.75, 3.05) is 0 Å². The van der Waals surface area contributed by atoms with Crippen LogP contribution in [0.15, 0.2) is 41.0 Å². The Hall–Kier alpha value is -1.82. The molecule has 1 amide bonds. The zero-order valence-electron chi connectivity index (χ0n) is 10.5. The molecule has 1 unspecified atom stereocenters. The standard InChI is InChI=1S/C14H11BrF2N2O/c1-8(13-10(16)3-2-4-11(13)17)19-14(20)12-6-5-9(15)7-18-12/h2-8H,1H3,(H,19,20). The second-order valence-electron chi connectivity index (χ2n) is 4.19. The third-order valence-electron chi connectivity index (χ3n) is 2.74. The number of halogens is 3. The Morgan fingerprint density at radius 3 is 2.45 bits per heavy atom. The van der Waals surface area contributed by atoms with E-state index in [0.717, 1.165) is 16.6 Å². The Bertz CT molecular complexity index is 611. The van der Waals surface area contributed by atoms with Gasteiger partial charge in [0.1, 0.15) is 17.3 Å². The van der Waals surface area contributed by atoms with E-state index in [4.69, 9.17) is 0 Å². The fraction of sp³-hybridized carbons (Fsp3) is 0.143. The number of rotatable bonds is 3. The zero-order chi connectivity index (χ0) is 14.7. The third kappa shape index (κ3) is 3.19. The van der Waals surface area contributed by atoms with Gasteiger partial charge in [-0.3, -0.25) is 4.79 Å². The minimum absolute atomic E-state index is 0.169. The van der Waals surface area contributed by atoms with Crippen molar-refractivity contribution in [1.82, 2.24) is 10.3 Å². The van der Waals surface area contributed by atoms with Gasteiger partial charge in [0.2, 0.25) is 0 Å². The van der Waals surface area contributed by atoms with Crippen LogP contribution in [-0.2, 0) is 0 Å². The fourth-order valence-corrected chi connectivity index (χ4v) is 2.01. The van der Waals surface area contributed by atoms with Crippen molar-refractivity contribution in [2.24, 2.45) is 0 Å². The molecular formula is C14H11BrF2N2O. The molecule has 2 aromatic rings. The van der Waals surface area contributed by atoms with Crippen molar-refractivity contribution < 1.29 is 13.6 Å². The van der Waals surface area contributed by atoms with Crippen molar-refractivity contribution >= 4 is 21.8 Å². The van der Waals surface area contributed by atoms with Gasteiger partial charge < -0.3 is 5.32 Å². The Kier molecular flexibility index (Phi) is 4.44. The van der Waals surface area contributed by atoms with Crippen molar-refractivity contribution in [1.29, 1.82) is 0 Å². The molecule has 1 heterocycles. The first-order chi connectivity index (χ1) is 9.49. The lowest BCUT2D eigenvalue weighted by Gasteiger charge is -2.15. The van der Waals surface area contributed by atoms with Gasteiger partial charge in [0.25, 0.3) is 5.91 Å². The van der Waals surface area contributed by atoms with Gasteiger partial charge in [-0.2, -0.15) is 0 Å². The molecule has 0 aliphatic carbocycles. The summed E-state index contributed by atoms with van der Waals surface area (Å²) in [5.74, 6) is -1.88. The second kappa shape index (κ2) is 6.09. The van der Waals surface area contributed by atoms with Crippen molar-refractivity contribution in [3.8, 4) is 0 Å². The maximum absolute atomic E-state index is 13.6. The summed E-state index contributed by atoms with van der Waals surface area (Å²) in [6.45, 7) is 1.51. The van der Waals surface area contributed by atoms with Gasteiger partial charge in [-0.1, -0.05) is 6.07 Å². The summed E-state index contributed by atoms with van der Waals surface area (Å²) in [6.07, 6.45) is 1.48. The number of carbonyl (C=O) groups excluding carboxylic acids is 1. The summed E-state index contributed by atoms with van der Waals surface area (Å²) in [5, 5.41) is 2.52. The molecule has 20 heavy (non-hydrogen) atoms. The van der Waals surface area contributed by atoms with E-state index in [1.165, 1.54) is 25.3 Å². The van der Waals surface area contributed by atoms with Crippen LogP contribution >= 0.6 is 15.9 Å². The van der Waals surface area contributed by atoms with E-state index in [0.29, 0.717) is 0 Å². The van der Waals surface area contributed by atoms with Crippen LogP contribution in [0.5, 0.6) is 0 Å². The molecule has 0 bridgehead atoms. The van der Waals surface area contributed by atoms with E-state index in [2.05, 4.69) is 26.2 Å². The quantitative estimate of drug-likeness (QED) is 0.927. The molecule has 0 aliphatic rings. The predicted molar refractivity (Wildman–Crippen MR) is 74.2 cm³/mol. The van der Waals surface area contributed by atoms with E-state index in [-0.39, 0.29) is 11.3 Å². The van der Waals surface area contributed by atoms with Gasteiger partial charge >= 0.3 is 0 Å². The van der Waals surface area contributed by atoms with Crippen molar-refractivity contribution in [3.05, 3.63) is 63.9 Å². The Morgan fingerprint density at radius 1 is 1.25 bits per heavy atom. The van der Waals surface area contributed by atoms with Crippen LogP contribution in [-0.4, -0.2) is 10.9 Å². The van der Waals surface area contributed by atoms with Crippen molar-refractivity contribution in [2.45, 2.75) is 13.0 Å². The highest BCUT2D eigenvalue weighted by molar-refractivity contribution is 9.10. The fourth-order valence-electron chi connectivity index (χ4n) is 1.78. The first kappa shape index (κ1) is 14.6. The number of nitrogens with one attached hydrogen (secondary N) is 1. The summed E-state index contributed by atoms with van der Waals surface area (Å²) in [5.41, 5.74) is 0.00904. The van der Waals surface area contributed by atoms with Gasteiger partial charge in [0.15, 0.2) is 0 Å². The largest absolute Gasteiger partial charge is 0.344 e. The summed E-state index contributed by atoms with van der Waals surface area (Å²) < 4.78 is 27.9. The van der Waals surface area contributed by atoms with Gasteiger partial charge in [-0.05, 0) is 47.1 Å². The molecule has 0 saturated carbocycles. The number of nitrogens with zero attached hydrogens (tertiary/aromatic N) is 1. The average molecular weight is 341 g/mol. The maximum Gasteiger partial charge on any atom is 0.270 e. The molecule has 0 radical (unpaired) electrons. The molecule has 104 valence electrons. The number of benzene rings is 1. The molecule has 1 atom stereocenters. The molecule has 1 aromatic carbocycles. The topological polar surface area (TPSA) is 42.0 Å². The molecule has 0 spiro atoms. The van der Waals surface area contributed by atoms with E-state index < -0.39 is 23.6 Å². The van der Waals surface area contributed by atoms with E-state index in [9.17, 15) is 13.6 Å². The lowest BCUT2D eigenvalue weighted by atomic mass is 10.1. The van der Waals surface area contributed by atoms with Gasteiger partial charge in [0.05, 0.1) is 6.04 Å². The normalized spacial score (nSPS) is 12.0. The monoisotopic (exact) mass is 340 g/mol. The number of carbonyl (C=O) groups is 1. The minimum atomic E-state index is -0.797. The van der Waals surface area contributed by atoms with Crippen LogP contribution in [0.3, 0.4) is 0 Å². The number of hydrogen-bond acceptors (Lipinski definition) is 2. The van der Waals surface area contributed by atoms with E-state index in [1.807, 2.05) is 0 Å². The third-order valence-corrected chi connectivity index (χ3v) is 3.21. The molecule has 0 fully saturated rings. The summed E-state index contributed by atoms with van der Waals surface area (Å²) >= 11 is 3.21. The molecule has 1 aromatic heterocycles. The lowest BCUT2D eigenvalue weighted by Crippen LogP contribution is -2.28. The highest BCUT2D eigenvalue weighted by atomic mass is 79.9. The van der Waals surface area contributed by atoms with Crippen molar-refractivity contribution in [3.63, 3.8) is 0 Å². The molecule has 3 nitrogen and oxygen atoms in total.